The van der Waals surface area contributed by atoms with E-state index in [1.54, 1.807) is 16.9 Å². The van der Waals surface area contributed by atoms with Crippen LogP contribution in [0.1, 0.15) is 57.8 Å². The molecule has 2 aliphatic rings. The summed E-state index contributed by atoms with van der Waals surface area (Å²) in [6, 6.07) is 28.2. The summed E-state index contributed by atoms with van der Waals surface area (Å²) in [4.78, 5) is 18.1. The molecule has 0 spiro atoms. The second-order valence-electron chi connectivity index (χ2n) is 15.2. The molecule has 2 fully saturated rings. The summed E-state index contributed by atoms with van der Waals surface area (Å²) in [5.74, 6) is 3.72. The Labute approximate surface area is 296 Å². The first-order valence-electron chi connectivity index (χ1n) is 16.8. The fraction of sp³-hybridized carbons (Fsp3) is 0.366. The molecule has 3 heterocycles. The molecular formula is C41H46IrN4Si-2. The molecule has 245 valence electrons. The number of benzene rings is 2. The van der Waals surface area contributed by atoms with Crippen LogP contribution in [0.2, 0.25) is 19.6 Å². The van der Waals surface area contributed by atoms with Gasteiger partial charge in [0.2, 0.25) is 0 Å². The third-order valence-corrected chi connectivity index (χ3v) is 11.6. The van der Waals surface area contributed by atoms with Crippen molar-refractivity contribution in [3.8, 4) is 33.6 Å². The Morgan fingerprint density at radius 3 is 2.11 bits per heavy atom. The molecule has 5 aromatic rings. The van der Waals surface area contributed by atoms with Crippen molar-refractivity contribution in [2.24, 2.45) is 17.8 Å². The van der Waals surface area contributed by atoms with Crippen LogP contribution in [0.4, 0.5) is 0 Å². The van der Waals surface area contributed by atoms with Crippen LogP contribution >= 0.6 is 0 Å². The molecule has 7 rings (SSSR count). The quantitative estimate of drug-likeness (QED) is 0.127. The van der Waals surface area contributed by atoms with Gasteiger partial charge in [-0.3, -0.25) is 0 Å². The molecule has 0 N–H and O–H groups in total. The summed E-state index contributed by atoms with van der Waals surface area (Å²) < 4.78 is 0. The van der Waals surface area contributed by atoms with Crippen LogP contribution in [0.3, 0.4) is 0 Å². The van der Waals surface area contributed by atoms with E-state index in [0.29, 0.717) is 0 Å². The number of pyridine rings is 2. The smallest absolute Gasteiger partial charge is 0.0798 e. The molecule has 2 bridgehead atoms. The molecule has 1 radical (unpaired) electrons. The standard InChI is InChI=1S/C22H28NSi.C19H18N3.Ir/c1-24(2,3)22-15-23-21(17-7-5-4-6-8-17)14-20(22)13-19-12-16-9-10-18(19)11-16;1-19(2,3)18-21-12-16(13-22-18)17-10-9-15(11-20-17)14-7-5-4-6-8-14;/h4-7,14-16,18-19H,9-13H2,1-3H3;4-12H,1-3H3;/q2*-1;. The second kappa shape index (κ2) is 14.8. The van der Waals surface area contributed by atoms with Gasteiger partial charge in [-0.05, 0) is 82.8 Å². The van der Waals surface area contributed by atoms with Gasteiger partial charge in [-0.15, -0.1) is 35.9 Å². The van der Waals surface area contributed by atoms with Crippen LogP contribution in [-0.2, 0) is 31.9 Å². The van der Waals surface area contributed by atoms with Crippen molar-refractivity contribution in [3.05, 3.63) is 115 Å². The van der Waals surface area contributed by atoms with Crippen molar-refractivity contribution in [2.75, 3.05) is 0 Å². The Bertz CT molecular complexity index is 1730. The van der Waals surface area contributed by atoms with Gasteiger partial charge in [0, 0.05) is 38.3 Å². The SMILES string of the molecule is CC(C)(C)c1n[c-]c(-c2ccc(-c3ccccc3)cn2)cn1.C[Si](C)(C)c1cnc(-c2[c-]cccc2)cc1CC1CC2CCC1C2.[Ir]. The molecule has 2 aromatic carbocycles. The van der Waals surface area contributed by atoms with E-state index in [1.165, 1.54) is 32.1 Å². The van der Waals surface area contributed by atoms with Gasteiger partial charge < -0.3 is 19.9 Å². The Morgan fingerprint density at radius 1 is 0.766 bits per heavy atom. The molecule has 4 nitrogen and oxygen atoms in total. The third-order valence-electron chi connectivity index (χ3n) is 9.56. The molecule has 3 atom stereocenters. The second-order valence-corrected chi connectivity index (χ2v) is 20.2. The van der Waals surface area contributed by atoms with Crippen molar-refractivity contribution in [1.82, 2.24) is 19.9 Å². The average molecular weight is 815 g/mol. The summed E-state index contributed by atoms with van der Waals surface area (Å²) in [6.45, 7) is 13.6. The van der Waals surface area contributed by atoms with E-state index < -0.39 is 8.07 Å². The maximum atomic E-state index is 4.80. The molecule has 3 aromatic heterocycles. The van der Waals surface area contributed by atoms with Crippen molar-refractivity contribution in [3.63, 3.8) is 0 Å². The largest absolute Gasteiger partial charge is 0.338 e. The zero-order valence-corrected chi connectivity index (χ0v) is 31.9. The van der Waals surface area contributed by atoms with E-state index in [4.69, 9.17) is 4.98 Å². The van der Waals surface area contributed by atoms with Gasteiger partial charge in [0.25, 0.3) is 0 Å². The van der Waals surface area contributed by atoms with Gasteiger partial charge in [-0.1, -0.05) is 113 Å². The van der Waals surface area contributed by atoms with E-state index in [9.17, 15) is 0 Å². The zero-order valence-electron chi connectivity index (χ0n) is 28.6. The Morgan fingerprint density at radius 2 is 1.53 bits per heavy atom. The third kappa shape index (κ3) is 8.59. The topological polar surface area (TPSA) is 51.6 Å². The van der Waals surface area contributed by atoms with E-state index in [0.717, 1.165) is 57.2 Å². The van der Waals surface area contributed by atoms with Gasteiger partial charge in [0.1, 0.15) is 0 Å². The Balaban J connectivity index is 0.000000181. The summed E-state index contributed by atoms with van der Waals surface area (Å²) in [6.07, 6.45) is 16.1. The van der Waals surface area contributed by atoms with Crippen molar-refractivity contribution in [2.45, 2.75) is 77.9 Å². The summed E-state index contributed by atoms with van der Waals surface area (Å²) in [5, 5.41) is 1.56. The zero-order chi connectivity index (χ0) is 32.3. The van der Waals surface area contributed by atoms with E-state index in [-0.39, 0.29) is 25.5 Å². The first kappa shape index (κ1) is 35.0. The first-order valence-corrected chi connectivity index (χ1v) is 20.3. The number of hydrogen-bond donors (Lipinski definition) is 0. The van der Waals surface area contributed by atoms with Crippen LogP contribution in [-0.4, -0.2) is 28.0 Å². The number of nitrogens with zero attached hydrogens (tertiary/aromatic N) is 4. The molecule has 2 aliphatic carbocycles. The fourth-order valence-corrected chi connectivity index (χ4v) is 8.68. The minimum absolute atomic E-state index is 0. The minimum Gasteiger partial charge on any atom is -0.338 e. The Hall–Kier alpha value is -3.31. The average Bonchev–Trinajstić information content (AvgIpc) is 3.69. The molecule has 6 heteroatoms. The monoisotopic (exact) mass is 815 g/mol. The Kier molecular flexibility index (Phi) is 11.1. The summed E-state index contributed by atoms with van der Waals surface area (Å²) >= 11 is 0. The van der Waals surface area contributed by atoms with Gasteiger partial charge >= 0.3 is 0 Å². The van der Waals surface area contributed by atoms with Crippen LogP contribution in [0.25, 0.3) is 33.6 Å². The summed E-state index contributed by atoms with van der Waals surface area (Å²) in [5.41, 5.74) is 7.62. The fourth-order valence-electron chi connectivity index (χ4n) is 7.09. The van der Waals surface area contributed by atoms with Crippen LogP contribution in [0.5, 0.6) is 0 Å². The predicted molar refractivity (Wildman–Crippen MR) is 192 cm³/mol. The molecule has 0 saturated heterocycles. The number of rotatable bonds is 6. The normalized spacial score (nSPS) is 18.6. The predicted octanol–water partition coefficient (Wildman–Crippen LogP) is 9.37. The number of fused-ring (bicyclic) bond motifs is 2. The first-order chi connectivity index (χ1) is 22.0. The van der Waals surface area contributed by atoms with Crippen molar-refractivity contribution < 1.29 is 20.1 Å². The van der Waals surface area contributed by atoms with Gasteiger partial charge in [0.15, 0.2) is 0 Å². The molecule has 2 saturated carbocycles. The molecule has 47 heavy (non-hydrogen) atoms. The number of aromatic nitrogens is 4. The number of hydrogen-bond acceptors (Lipinski definition) is 4. The molecule has 3 unspecified atom stereocenters. The van der Waals surface area contributed by atoms with E-state index in [2.05, 4.69) is 110 Å². The van der Waals surface area contributed by atoms with Crippen LogP contribution in [0.15, 0.2) is 91.4 Å². The summed E-state index contributed by atoms with van der Waals surface area (Å²) in [7, 11) is -1.37. The van der Waals surface area contributed by atoms with Crippen molar-refractivity contribution >= 4 is 13.3 Å². The van der Waals surface area contributed by atoms with Gasteiger partial charge in [0.05, 0.1) is 8.07 Å². The van der Waals surface area contributed by atoms with Gasteiger partial charge in [-0.25, -0.2) is 0 Å². The van der Waals surface area contributed by atoms with E-state index in [1.807, 2.05) is 42.6 Å². The van der Waals surface area contributed by atoms with Crippen molar-refractivity contribution in [1.29, 1.82) is 0 Å². The molecule has 0 aliphatic heterocycles. The minimum atomic E-state index is -1.37. The molecule has 0 amide bonds. The van der Waals surface area contributed by atoms with Gasteiger partial charge in [-0.2, -0.15) is 0 Å². The van der Waals surface area contributed by atoms with Crippen LogP contribution < -0.4 is 5.19 Å². The van der Waals surface area contributed by atoms with E-state index >= 15 is 0 Å². The molecular weight excluding hydrogens is 769 g/mol. The van der Waals surface area contributed by atoms with Crippen LogP contribution in [0, 0.1) is 30.0 Å². The maximum absolute atomic E-state index is 4.80. The maximum Gasteiger partial charge on any atom is 0.0798 e.